The molecule has 0 N–H and O–H groups in total. The molecule has 0 spiro atoms. The number of rotatable bonds is 5. The van der Waals surface area contributed by atoms with Gasteiger partial charge in [0.1, 0.15) is 0 Å². The lowest BCUT2D eigenvalue weighted by molar-refractivity contribution is 0.0323. The minimum Gasteiger partial charge on any atom is -0.0654 e. The highest BCUT2D eigenvalue weighted by Crippen LogP contribution is 2.52. The normalized spacial score (nSPS) is 21.0. The molecule has 1 aliphatic rings. The van der Waals surface area contributed by atoms with E-state index in [1.807, 2.05) is 0 Å². The van der Waals surface area contributed by atoms with Gasteiger partial charge in [0.15, 0.2) is 0 Å². The Morgan fingerprint density at radius 1 is 1.08 bits per heavy atom. The maximum Gasteiger partial charge on any atom is -0.0269 e. The number of hydrogen-bond acceptors (Lipinski definition) is 0. The molecule has 0 nitrogen and oxygen atoms in total. The fourth-order valence-corrected chi connectivity index (χ4v) is 3.15. The minimum atomic E-state index is 0.790. The first kappa shape index (κ1) is 10.1. The molecule has 72 valence electrons. The smallest absolute Gasteiger partial charge is 0.0269 e. The van der Waals surface area contributed by atoms with Crippen LogP contribution >= 0.6 is 0 Å². The Hall–Kier alpha value is 0. The molecule has 1 aliphatic carbocycles. The van der Waals surface area contributed by atoms with Crippen molar-refractivity contribution in [3.05, 3.63) is 0 Å². The molecule has 0 aromatic carbocycles. The van der Waals surface area contributed by atoms with E-state index in [2.05, 4.69) is 20.8 Å². The first-order valence-corrected chi connectivity index (χ1v) is 5.79. The Morgan fingerprint density at radius 2 is 1.67 bits per heavy atom. The molecule has 1 fully saturated rings. The van der Waals surface area contributed by atoms with Crippen molar-refractivity contribution in [2.45, 2.75) is 65.7 Å². The van der Waals surface area contributed by atoms with Gasteiger partial charge in [-0.1, -0.05) is 46.5 Å². The van der Waals surface area contributed by atoms with E-state index in [4.69, 9.17) is 0 Å². The minimum absolute atomic E-state index is 0.790. The van der Waals surface area contributed by atoms with Gasteiger partial charge in [-0.2, -0.15) is 0 Å². The molecule has 0 aromatic heterocycles. The Bertz CT molecular complexity index is 118. The van der Waals surface area contributed by atoms with Crippen LogP contribution in [-0.2, 0) is 0 Å². The third-order valence-corrected chi connectivity index (χ3v) is 3.95. The summed E-state index contributed by atoms with van der Waals surface area (Å²) in [4.78, 5) is 0. The van der Waals surface area contributed by atoms with Crippen molar-refractivity contribution >= 4 is 0 Å². The summed E-state index contributed by atoms with van der Waals surface area (Å²) in [5.74, 6) is 1.02. The lowest BCUT2D eigenvalue weighted by atomic mass is 9.57. The van der Waals surface area contributed by atoms with Crippen molar-refractivity contribution < 1.29 is 0 Å². The van der Waals surface area contributed by atoms with E-state index in [1.54, 1.807) is 0 Å². The lowest BCUT2D eigenvalue weighted by Gasteiger charge is -2.48. The highest BCUT2D eigenvalue weighted by atomic mass is 14.5. The van der Waals surface area contributed by atoms with Gasteiger partial charge in [0.05, 0.1) is 0 Å². The maximum atomic E-state index is 2.36. The highest BCUT2D eigenvalue weighted by molar-refractivity contribution is 4.91. The van der Waals surface area contributed by atoms with Crippen LogP contribution in [0.15, 0.2) is 0 Å². The quantitative estimate of drug-likeness (QED) is 0.571. The van der Waals surface area contributed by atoms with Crippen molar-refractivity contribution in [1.82, 2.24) is 0 Å². The van der Waals surface area contributed by atoms with E-state index in [1.165, 1.54) is 44.9 Å². The fraction of sp³-hybridized carbons (Fsp3) is 1.00. The van der Waals surface area contributed by atoms with E-state index in [-0.39, 0.29) is 0 Å². The third-order valence-electron chi connectivity index (χ3n) is 3.95. The second-order valence-corrected chi connectivity index (χ2v) is 4.48. The Morgan fingerprint density at radius 3 is 1.92 bits per heavy atom. The third kappa shape index (κ3) is 1.67. The van der Waals surface area contributed by atoms with Gasteiger partial charge in [0.2, 0.25) is 0 Å². The summed E-state index contributed by atoms with van der Waals surface area (Å²) in [5.41, 5.74) is 0.790. The standard InChI is InChI=1S/C12H24/c1-4-8-12(9-7-10-12)11(5-2)6-3/h11H,4-10H2,1-3H3. The van der Waals surface area contributed by atoms with Gasteiger partial charge in [-0.05, 0) is 30.6 Å². The molecular weight excluding hydrogens is 144 g/mol. The fourth-order valence-electron chi connectivity index (χ4n) is 3.15. The van der Waals surface area contributed by atoms with Crippen LogP contribution in [0.25, 0.3) is 0 Å². The van der Waals surface area contributed by atoms with Crippen LogP contribution in [0.3, 0.4) is 0 Å². The first-order chi connectivity index (χ1) is 5.79. The molecule has 0 bridgehead atoms. The monoisotopic (exact) mass is 168 g/mol. The van der Waals surface area contributed by atoms with Crippen LogP contribution in [-0.4, -0.2) is 0 Å². The van der Waals surface area contributed by atoms with E-state index in [0.717, 1.165) is 11.3 Å². The van der Waals surface area contributed by atoms with Crippen LogP contribution in [0, 0.1) is 11.3 Å². The average Bonchev–Trinajstić information content (AvgIpc) is 2.02. The SMILES string of the molecule is CCCC1(C(CC)CC)CCC1. The zero-order valence-electron chi connectivity index (χ0n) is 9.03. The van der Waals surface area contributed by atoms with Crippen molar-refractivity contribution in [2.75, 3.05) is 0 Å². The topological polar surface area (TPSA) is 0 Å². The van der Waals surface area contributed by atoms with Gasteiger partial charge < -0.3 is 0 Å². The van der Waals surface area contributed by atoms with Gasteiger partial charge in [-0.25, -0.2) is 0 Å². The highest BCUT2D eigenvalue weighted by Gasteiger charge is 2.40. The summed E-state index contributed by atoms with van der Waals surface area (Å²) >= 11 is 0. The van der Waals surface area contributed by atoms with E-state index in [0.29, 0.717) is 0 Å². The molecule has 12 heavy (non-hydrogen) atoms. The van der Waals surface area contributed by atoms with E-state index in [9.17, 15) is 0 Å². The largest absolute Gasteiger partial charge is 0.0654 e. The molecule has 0 atom stereocenters. The van der Waals surface area contributed by atoms with Crippen molar-refractivity contribution in [3.8, 4) is 0 Å². The zero-order valence-corrected chi connectivity index (χ0v) is 9.03. The Balaban J connectivity index is 2.51. The lowest BCUT2D eigenvalue weighted by Crippen LogP contribution is -2.36. The van der Waals surface area contributed by atoms with Gasteiger partial charge in [-0.3, -0.25) is 0 Å². The van der Waals surface area contributed by atoms with Gasteiger partial charge >= 0.3 is 0 Å². The Labute approximate surface area is 77.7 Å². The molecule has 0 radical (unpaired) electrons. The van der Waals surface area contributed by atoms with Crippen LogP contribution < -0.4 is 0 Å². The molecule has 1 rings (SSSR count). The summed E-state index contributed by atoms with van der Waals surface area (Å²) in [6, 6.07) is 0. The predicted octanol–water partition coefficient (Wildman–Crippen LogP) is 4.39. The van der Waals surface area contributed by atoms with Crippen LogP contribution in [0.1, 0.15) is 65.7 Å². The number of hydrogen-bond donors (Lipinski definition) is 0. The molecular formula is C12H24. The average molecular weight is 168 g/mol. The molecule has 0 amide bonds. The van der Waals surface area contributed by atoms with Crippen LogP contribution in [0.4, 0.5) is 0 Å². The molecule has 0 heteroatoms. The van der Waals surface area contributed by atoms with Crippen molar-refractivity contribution in [3.63, 3.8) is 0 Å². The van der Waals surface area contributed by atoms with Crippen molar-refractivity contribution in [1.29, 1.82) is 0 Å². The van der Waals surface area contributed by atoms with E-state index >= 15 is 0 Å². The summed E-state index contributed by atoms with van der Waals surface area (Å²) in [6.07, 6.45) is 10.2. The molecule has 0 aromatic rings. The van der Waals surface area contributed by atoms with Gasteiger partial charge in [0.25, 0.3) is 0 Å². The summed E-state index contributed by atoms with van der Waals surface area (Å²) in [7, 11) is 0. The Kier molecular flexibility index (Phi) is 3.61. The van der Waals surface area contributed by atoms with Gasteiger partial charge in [-0.15, -0.1) is 0 Å². The molecule has 0 saturated heterocycles. The molecule has 1 saturated carbocycles. The zero-order chi connectivity index (χ0) is 9.03. The van der Waals surface area contributed by atoms with Crippen LogP contribution in [0.5, 0.6) is 0 Å². The summed E-state index contributed by atoms with van der Waals surface area (Å²) in [5, 5.41) is 0. The molecule has 0 heterocycles. The van der Waals surface area contributed by atoms with Gasteiger partial charge in [0, 0.05) is 0 Å². The maximum absolute atomic E-state index is 2.36. The second kappa shape index (κ2) is 4.30. The van der Waals surface area contributed by atoms with Crippen molar-refractivity contribution in [2.24, 2.45) is 11.3 Å². The summed E-state index contributed by atoms with van der Waals surface area (Å²) < 4.78 is 0. The van der Waals surface area contributed by atoms with Crippen LogP contribution in [0.2, 0.25) is 0 Å². The van der Waals surface area contributed by atoms with E-state index < -0.39 is 0 Å². The second-order valence-electron chi connectivity index (χ2n) is 4.48. The predicted molar refractivity (Wildman–Crippen MR) is 55.3 cm³/mol. The first-order valence-electron chi connectivity index (χ1n) is 5.79. The molecule has 0 unspecified atom stereocenters. The summed E-state index contributed by atoms with van der Waals surface area (Å²) in [6.45, 7) is 7.07. The molecule has 0 aliphatic heterocycles.